The van der Waals surface area contributed by atoms with Crippen molar-refractivity contribution in [3.63, 3.8) is 0 Å². The maximum absolute atomic E-state index is 4.12. The van der Waals surface area contributed by atoms with Gasteiger partial charge in [-0.2, -0.15) is 0 Å². The van der Waals surface area contributed by atoms with Crippen LogP contribution >= 0.6 is 22.7 Å². The van der Waals surface area contributed by atoms with Crippen LogP contribution in [0, 0.1) is 0 Å². The van der Waals surface area contributed by atoms with E-state index in [2.05, 4.69) is 53.8 Å². The molecule has 0 bridgehead atoms. The number of fused-ring (bicyclic) bond motifs is 1. The van der Waals surface area contributed by atoms with E-state index in [1.54, 1.807) is 0 Å². The zero-order chi connectivity index (χ0) is 13.9. The van der Waals surface area contributed by atoms with Crippen LogP contribution in [0.2, 0.25) is 0 Å². The van der Waals surface area contributed by atoms with Crippen LogP contribution in [-0.2, 0) is 0 Å². The largest absolute Gasteiger partial charge is 0.309 e. The topological polar surface area (TPSA) is 24.9 Å². The molecule has 2 nitrogen and oxygen atoms in total. The summed E-state index contributed by atoms with van der Waals surface area (Å²) in [5.74, 6) is 0.436. The van der Waals surface area contributed by atoms with Crippen molar-refractivity contribution < 1.29 is 0 Å². The Labute approximate surface area is 127 Å². The Bertz CT molecular complexity index is 643. The summed E-state index contributed by atoms with van der Waals surface area (Å²) in [4.78, 5) is 5.54. The van der Waals surface area contributed by atoms with Crippen molar-refractivity contribution in [2.24, 2.45) is 0 Å². The van der Waals surface area contributed by atoms with Gasteiger partial charge in [0.2, 0.25) is 0 Å². The van der Waals surface area contributed by atoms with Gasteiger partial charge in [0.15, 0.2) is 0 Å². The summed E-state index contributed by atoms with van der Waals surface area (Å²) in [7, 11) is 0. The first-order valence-corrected chi connectivity index (χ1v) is 8.59. The van der Waals surface area contributed by atoms with E-state index in [-0.39, 0.29) is 0 Å². The smallest absolute Gasteiger partial charge is 0.0482 e. The molecule has 3 aromatic rings. The van der Waals surface area contributed by atoms with Crippen molar-refractivity contribution in [1.82, 2.24) is 10.3 Å². The third kappa shape index (κ3) is 2.64. The molecule has 0 fully saturated rings. The summed E-state index contributed by atoms with van der Waals surface area (Å²) >= 11 is 3.73. The molecule has 4 heteroatoms. The van der Waals surface area contributed by atoms with Crippen molar-refractivity contribution in [3.8, 4) is 0 Å². The minimum atomic E-state index is 0.368. The van der Waals surface area contributed by atoms with Crippen molar-refractivity contribution in [1.29, 1.82) is 0 Å². The van der Waals surface area contributed by atoms with Gasteiger partial charge in [-0.05, 0) is 41.8 Å². The van der Waals surface area contributed by atoms with E-state index in [0.717, 1.165) is 6.54 Å². The SMILES string of the molecule is CCNC(c1cc2sccc2s1)C(C)c1ccncc1. The van der Waals surface area contributed by atoms with Crippen molar-refractivity contribution in [3.05, 3.63) is 52.5 Å². The molecule has 0 amide bonds. The number of pyridine rings is 1. The Morgan fingerprint density at radius 2 is 2.00 bits per heavy atom. The normalized spacial score (nSPS) is 14.5. The van der Waals surface area contributed by atoms with E-state index in [4.69, 9.17) is 0 Å². The molecule has 104 valence electrons. The van der Waals surface area contributed by atoms with Crippen LogP contribution in [-0.4, -0.2) is 11.5 Å². The van der Waals surface area contributed by atoms with E-state index < -0.39 is 0 Å². The van der Waals surface area contributed by atoms with Crippen LogP contribution in [0.15, 0.2) is 42.0 Å². The number of thiophene rings is 2. The first kappa shape index (κ1) is 13.7. The molecular weight excluding hydrogens is 284 g/mol. The summed E-state index contributed by atoms with van der Waals surface area (Å²) in [5, 5.41) is 5.81. The zero-order valence-corrected chi connectivity index (χ0v) is 13.3. The van der Waals surface area contributed by atoms with Crippen molar-refractivity contribution in [2.45, 2.75) is 25.8 Å². The number of nitrogens with zero attached hydrogens (tertiary/aromatic N) is 1. The quantitative estimate of drug-likeness (QED) is 0.731. The predicted molar refractivity (Wildman–Crippen MR) is 88.8 cm³/mol. The van der Waals surface area contributed by atoms with Gasteiger partial charge in [-0.3, -0.25) is 4.98 Å². The van der Waals surface area contributed by atoms with E-state index in [9.17, 15) is 0 Å². The number of rotatable bonds is 5. The standard InChI is InChI=1S/C16H18N2S2/c1-3-18-16(11(2)12-4-7-17-8-5-12)15-10-14-13(20-15)6-9-19-14/h4-11,16,18H,3H2,1-2H3. The van der Waals surface area contributed by atoms with Crippen LogP contribution < -0.4 is 5.32 Å². The summed E-state index contributed by atoms with van der Waals surface area (Å²) < 4.78 is 2.80. The molecule has 0 radical (unpaired) electrons. The number of nitrogens with one attached hydrogen (secondary N) is 1. The molecule has 20 heavy (non-hydrogen) atoms. The van der Waals surface area contributed by atoms with Crippen LogP contribution in [0.1, 0.15) is 36.2 Å². The molecule has 0 aliphatic rings. The number of likely N-dealkylation sites (N-methyl/N-ethyl adjacent to an activating group) is 1. The van der Waals surface area contributed by atoms with Crippen molar-refractivity contribution >= 4 is 32.1 Å². The van der Waals surface area contributed by atoms with E-state index in [1.807, 2.05) is 35.1 Å². The van der Waals surface area contributed by atoms with Gasteiger partial charge in [-0.15, -0.1) is 22.7 Å². The van der Waals surface area contributed by atoms with E-state index in [1.165, 1.54) is 19.8 Å². The third-order valence-corrected chi connectivity index (χ3v) is 5.80. The van der Waals surface area contributed by atoms with Crippen molar-refractivity contribution in [2.75, 3.05) is 6.54 Å². The number of hydrogen-bond acceptors (Lipinski definition) is 4. The Morgan fingerprint density at radius 3 is 2.70 bits per heavy atom. The van der Waals surface area contributed by atoms with Gasteiger partial charge >= 0.3 is 0 Å². The fraction of sp³-hybridized carbons (Fsp3) is 0.312. The van der Waals surface area contributed by atoms with Gasteiger partial charge in [0.25, 0.3) is 0 Å². The lowest BCUT2D eigenvalue weighted by molar-refractivity contribution is 0.486. The second kappa shape index (κ2) is 6.04. The molecule has 0 saturated carbocycles. The van der Waals surface area contributed by atoms with E-state index in [0.29, 0.717) is 12.0 Å². The molecule has 0 saturated heterocycles. The lowest BCUT2D eigenvalue weighted by atomic mass is 9.93. The van der Waals surface area contributed by atoms with E-state index >= 15 is 0 Å². The molecule has 3 aromatic heterocycles. The van der Waals surface area contributed by atoms with Crippen LogP contribution in [0.25, 0.3) is 9.40 Å². The second-order valence-electron chi connectivity index (χ2n) is 4.90. The fourth-order valence-electron chi connectivity index (χ4n) is 2.54. The van der Waals surface area contributed by atoms with Crippen LogP contribution in [0.4, 0.5) is 0 Å². The van der Waals surface area contributed by atoms with Crippen LogP contribution in [0.5, 0.6) is 0 Å². The molecule has 0 spiro atoms. The van der Waals surface area contributed by atoms with Gasteiger partial charge in [0, 0.05) is 38.6 Å². The second-order valence-corrected chi connectivity index (χ2v) is 6.97. The van der Waals surface area contributed by atoms with Gasteiger partial charge in [-0.1, -0.05) is 13.8 Å². The highest BCUT2D eigenvalue weighted by molar-refractivity contribution is 7.26. The molecule has 1 N–H and O–H groups in total. The number of aromatic nitrogens is 1. The molecule has 0 aromatic carbocycles. The Balaban J connectivity index is 1.94. The minimum Gasteiger partial charge on any atom is -0.309 e. The molecule has 2 unspecified atom stereocenters. The Kier molecular flexibility index (Phi) is 4.15. The maximum Gasteiger partial charge on any atom is 0.0482 e. The Hall–Kier alpha value is -1.23. The van der Waals surface area contributed by atoms with Gasteiger partial charge in [0.05, 0.1) is 0 Å². The predicted octanol–water partition coefficient (Wildman–Crippen LogP) is 4.81. The summed E-state index contributed by atoms with van der Waals surface area (Å²) in [5.41, 5.74) is 1.34. The highest BCUT2D eigenvalue weighted by Gasteiger charge is 2.22. The monoisotopic (exact) mass is 302 g/mol. The average molecular weight is 302 g/mol. The molecule has 2 atom stereocenters. The molecule has 3 heterocycles. The van der Waals surface area contributed by atoms with Crippen LogP contribution in [0.3, 0.4) is 0 Å². The molecule has 3 rings (SSSR count). The highest BCUT2D eigenvalue weighted by atomic mass is 32.1. The number of hydrogen-bond donors (Lipinski definition) is 1. The molecule has 0 aliphatic heterocycles. The summed E-state index contributed by atoms with van der Waals surface area (Å²) in [6, 6.07) is 9.16. The van der Waals surface area contributed by atoms with Gasteiger partial charge in [0.1, 0.15) is 0 Å². The average Bonchev–Trinajstić information content (AvgIpc) is 3.06. The maximum atomic E-state index is 4.12. The molecule has 0 aliphatic carbocycles. The van der Waals surface area contributed by atoms with Gasteiger partial charge < -0.3 is 5.32 Å². The first-order chi connectivity index (χ1) is 9.79. The lowest BCUT2D eigenvalue weighted by Gasteiger charge is -2.24. The highest BCUT2D eigenvalue weighted by Crippen LogP contribution is 2.38. The fourth-order valence-corrected chi connectivity index (χ4v) is 4.84. The minimum absolute atomic E-state index is 0.368. The third-order valence-electron chi connectivity index (χ3n) is 3.62. The molecular formula is C16H18N2S2. The lowest BCUT2D eigenvalue weighted by Crippen LogP contribution is -2.25. The summed E-state index contributed by atoms with van der Waals surface area (Å²) in [6.07, 6.45) is 3.75. The first-order valence-electron chi connectivity index (χ1n) is 6.90. The Morgan fingerprint density at radius 1 is 1.20 bits per heavy atom. The van der Waals surface area contributed by atoms with Gasteiger partial charge in [-0.25, -0.2) is 0 Å². The summed E-state index contributed by atoms with van der Waals surface area (Å²) in [6.45, 7) is 5.43. The zero-order valence-electron chi connectivity index (χ0n) is 11.7.